The van der Waals surface area contributed by atoms with Crippen LogP contribution < -0.4 is 14.4 Å². The summed E-state index contributed by atoms with van der Waals surface area (Å²) in [7, 11) is 2.87. The van der Waals surface area contributed by atoms with Crippen LogP contribution in [0.15, 0.2) is 96.2 Å². The molecule has 0 aliphatic rings. The number of nitriles is 1. The van der Waals surface area contributed by atoms with Crippen LogP contribution >= 0.6 is 23.5 Å². The molecule has 3 aromatic heterocycles. The molecule has 2 aromatic carbocycles. The zero-order chi connectivity index (χ0) is 29.8. The van der Waals surface area contributed by atoms with Crippen molar-refractivity contribution in [3.63, 3.8) is 0 Å². The van der Waals surface area contributed by atoms with Crippen LogP contribution in [-0.4, -0.2) is 38.5 Å². The first-order chi connectivity index (χ1) is 20.4. The van der Waals surface area contributed by atoms with E-state index in [1.807, 2.05) is 12.5 Å². The van der Waals surface area contributed by atoms with Crippen molar-refractivity contribution < 1.29 is 32.3 Å². The van der Waals surface area contributed by atoms with Crippen molar-refractivity contribution in [2.75, 3.05) is 31.6 Å². The van der Waals surface area contributed by atoms with Gasteiger partial charge in [-0.2, -0.15) is 5.26 Å². The summed E-state index contributed by atoms with van der Waals surface area (Å²) < 4.78 is 28.5. The van der Waals surface area contributed by atoms with E-state index in [0.717, 1.165) is 14.7 Å². The van der Waals surface area contributed by atoms with Gasteiger partial charge >= 0.3 is 0 Å². The summed E-state index contributed by atoms with van der Waals surface area (Å²) in [5.41, 5.74) is 0.301. The average Bonchev–Trinajstić information content (AvgIpc) is 3.81. The Kier molecular flexibility index (Phi) is 8.47. The lowest BCUT2D eigenvalue weighted by Crippen LogP contribution is -2.37. The van der Waals surface area contributed by atoms with Crippen LogP contribution in [0.3, 0.4) is 0 Å². The second-order valence-electron chi connectivity index (χ2n) is 8.63. The Morgan fingerprint density at radius 2 is 1.33 bits per heavy atom. The molecule has 0 N–H and O–H groups in total. The highest BCUT2D eigenvalue weighted by atomic mass is 32.2. The Hall–Kier alpha value is -4.79. The molecule has 0 saturated carbocycles. The Balaban J connectivity index is 1.79. The van der Waals surface area contributed by atoms with Crippen molar-refractivity contribution in [1.29, 1.82) is 5.26 Å². The highest BCUT2D eigenvalue weighted by molar-refractivity contribution is 7.98. The number of thioether (sulfide) groups is 2. The number of hydrogen-bond acceptors (Lipinski definition) is 10. The maximum atomic E-state index is 14.4. The number of imide groups is 1. The van der Waals surface area contributed by atoms with Gasteiger partial charge in [0.1, 0.15) is 28.9 Å². The van der Waals surface area contributed by atoms with Crippen LogP contribution in [0.1, 0.15) is 26.3 Å². The molecule has 0 bridgehead atoms. The van der Waals surface area contributed by atoms with Crippen molar-refractivity contribution in [2.24, 2.45) is 0 Å². The van der Waals surface area contributed by atoms with Crippen LogP contribution in [0.2, 0.25) is 0 Å². The highest BCUT2D eigenvalue weighted by Gasteiger charge is 2.38. The quantitative estimate of drug-likeness (QED) is 0.123. The number of anilines is 1. The van der Waals surface area contributed by atoms with E-state index in [2.05, 4.69) is 6.07 Å². The fourth-order valence-electron chi connectivity index (χ4n) is 4.39. The molecule has 3 heterocycles. The van der Waals surface area contributed by atoms with Gasteiger partial charge in [-0.25, -0.2) is 4.90 Å². The maximum absolute atomic E-state index is 14.4. The zero-order valence-corrected chi connectivity index (χ0v) is 24.6. The maximum Gasteiger partial charge on any atom is 0.271 e. The largest absolute Gasteiger partial charge is 0.496 e. The number of benzene rings is 2. The molecule has 5 rings (SSSR count). The summed E-state index contributed by atoms with van der Waals surface area (Å²) in [5, 5.41) is 10.4. The van der Waals surface area contributed by atoms with Crippen LogP contribution in [0.5, 0.6) is 11.5 Å². The number of furan rings is 3. The number of hydrogen-bond donors (Lipinski definition) is 0. The van der Waals surface area contributed by atoms with Gasteiger partial charge in [-0.15, -0.1) is 23.5 Å². The van der Waals surface area contributed by atoms with E-state index < -0.39 is 11.8 Å². The van der Waals surface area contributed by atoms with E-state index in [1.54, 1.807) is 60.7 Å². The Morgan fingerprint density at radius 3 is 1.76 bits per heavy atom. The first kappa shape index (κ1) is 28.7. The van der Waals surface area contributed by atoms with E-state index >= 15 is 0 Å². The topological polar surface area (TPSA) is 119 Å². The summed E-state index contributed by atoms with van der Waals surface area (Å²) >= 11 is 2.94. The molecule has 42 heavy (non-hydrogen) atoms. The van der Waals surface area contributed by atoms with Gasteiger partial charge in [0.15, 0.2) is 11.5 Å². The standard InChI is InChI=1S/C31H24N2O7S2/c1-36-25-15-18(41-3)9-11-20(25)29(34)33(30(35)21-12-10-19(42-4)16-26(21)37-2)31-22(17-32)27(23-7-5-13-38-23)28(40-31)24-8-6-14-39-24/h5-16H,1-4H3. The van der Waals surface area contributed by atoms with Crippen LogP contribution in [-0.2, 0) is 0 Å². The smallest absolute Gasteiger partial charge is 0.271 e. The van der Waals surface area contributed by atoms with Crippen molar-refractivity contribution in [3.8, 4) is 40.4 Å². The minimum atomic E-state index is -0.775. The summed E-state index contributed by atoms with van der Waals surface area (Å²) in [6.45, 7) is 0. The molecular formula is C31H24N2O7S2. The molecule has 11 heteroatoms. The number of ether oxygens (including phenoxy) is 2. The number of rotatable bonds is 9. The molecule has 0 aliphatic heterocycles. The third kappa shape index (κ3) is 5.18. The molecule has 0 fully saturated rings. The number of carbonyl (C=O) groups is 2. The zero-order valence-electron chi connectivity index (χ0n) is 23.0. The third-order valence-corrected chi connectivity index (χ3v) is 7.85. The van der Waals surface area contributed by atoms with Crippen LogP contribution in [0.25, 0.3) is 22.8 Å². The molecule has 0 aliphatic carbocycles. The van der Waals surface area contributed by atoms with E-state index in [0.29, 0.717) is 0 Å². The molecule has 0 unspecified atom stereocenters. The van der Waals surface area contributed by atoms with Gasteiger partial charge in [-0.3, -0.25) is 9.59 Å². The molecular weight excluding hydrogens is 576 g/mol. The van der Waals surface area contributed by atoms with Crippen molar-refractivity contribution >= 4 is 41.2 Å². The van der Waals surface area contributed by atoms with E-state index in [-0.39, 0.29) is 56.9 Å². The number of methoxy groups -OCH3 is 2. The summed E-state index contributed by atoms with van der Waals surface area (Å²) in [6.07, 6.45) is 6.68. The fourth-order valence-corrected chi connectivity index (χ4v) is 5.24. The molecule has 0 radical (unpaired) electrons. The molecule has 9 nitrogen and oxygen atoms in total. The van der Waals surface area contributed by atoms with Crippen molar-refractivity contribution in [1.82, 2.24) is 0 Å². The van der Waals surface area contributed by atoms with Gasteiger partial charge in [0.25, 0.3) is 11.8 Å². The van der Waals surface area contributed by atoms with E-state index in [9.17, 15) is 14.9 Å². The number of nitrogens with zero attached hydrogens (tertiary/aromatic N) is 2. The molecule has 0 saturated heterocycles. The minimum Gasteiger partial charge on any atom is -0.496 e. The third-order valence-electron chi connectivity index (χ3n) is 6.40. The normalized spacial score (nSPS) is 10.7. The molecule has 212 valence electrons. The van der Waals surface area contributed by atoms with Crippen LogP contribution in [0, 0.1) is 11.3 Å². The van der Waals surface area contributed by atoms with Gasteiger partial charge < -0.3 is 22.7 Å². The number of carbonyl (C=O) groups excluding carboxylic acids is 2. The Bertz CT molecular complexity index is 1720. The van der Waals surface area contributed by atoms with Gasteiger partial charge in [0.2, 0.25) is 5.88 Å². The predicted octanol–water partition coefficient (Wildman–Crippen LogP) is 7.62. The predicted molar refractivity (Wildman–Crippen MR) is 160 cm³/mol. The SMILES string of the molecule is COc1cc(SC)ccc1C(=O)N(C(=O)c1ccc(SC)cc1OC)c1oc(-c2ccco2)c(-c2ccco2)c1C#N. The monoisotopic (exact) mass is 600 g/mol. The first-order valence-electron chi connectivity index (χ1n) is 12.4. The summed E-state index contributed by atoms with van der Waals surface area (Å²) in [5.74, 6) is -0.692. The Labute approximate surface area is 250 Å². The van der Waals surface area contributed by atoms with Crippen molar-refractivity contribution in [3.05, 3.63) is 89.9 Å². The lowest BCUT2D eigenvalue weighted by Gasteiger charge is -2.21. The second-order valence-corrected chi connectivity index (χ2v) is 10.4. The van der Waals surface area contributed by atoms with Gasteiger partial charge in [0.05, 0.1) is 43.4 Å². The minimum absolute atomic E-state index is 0.0859. The highest BCUT2D eigenvalue weighted by Crippen LogP contribution is 2.44. The molecule has 5 aromatic rings. The van der Waals surface area contributed by atoms with Gasteiger partial charge in [0, 0.05) is 9.79 Å². The summed E-state index contributed by atoms with van der Waals surface area (Å²) in [6, 6.07) is 18.7. The van der Waals surface area contributed by atoms with E-state index in [4.69, 9.17) is 22.7 Å². The molecule has 2 amide bonds. The lowest BCUT2D eigenvalue weighted by atomic mass is 10.1. The van der Waals surface area contributed by atoms with Crippen molar-refractivity contribution in [2.45, 2.75) is 9.79 Å². The average molecular weight is 601 g/mol. The molecule has 0 atom stereocenters. The second kappa shape index (κ2) is 12.4. The summed E-state index contributed by atoms with van der Waals surface area (Å²) in [4.78, 5) is 31.3. The van der Waals surface area contributed by atoms with E-state index in [1.165, 1.54) is 50.3 Å². The first-order valence-corrected chi connectivity index (χ1v) is 14.9. The van der Waals surface area contributed by atoms with Gasteiger partial charge in [-0.1, -0.05) is 0 Å². The van der Waals surface area contributed by atoms with Gasteiger partial charge in [-0.05, 0) is 73.2 Å². The Morgan fingerprint density at radius 1 is 0.810 bits per heavy atom. The fraction of sp³-hybridized carbons (Fsp3) is 0.129. The molecule has 0 spiro atoms. The lowest BCUT2D eigenvalue weighted by molar-refractivity contribution is 0.0888. The number of amides is 2. The van der Waals surface area contributed by atoms with Crippen LogP contribution in [0.4, 0.5) is 5.88 Å².